The van der Waals surface area contributed by atoms with E-state index in [2.05, 4.69) is 27.8 Å². The van der Waals surface area contributed by atoms with E-state index in [1.165, 1.54) is 18.4 Å². The number of aryl methyl sites for hydroxylation is 2. The van der Waals surface area contributed by atoms with E-state index < -0.39 is 0 Å². The Morgan fingerprint density at radius 3 is 2.85 bits per heavy atom. The number of aromatic nitrogens is 2. The fourth-order valence-electron chi connectivity index (χ4n) is 3.52. The molecular weight excluding hydrogens is 533 g/mol. The Labute approximate surface area is 213 Å². The lowest BCUT2D eigenvalue weighted by Crippen LogP contribution is -2.32. The van der Waals surface area contributed by atoms with Crippen LogP contribution in [0.1, 0.15) is 43.4 Å². The predicted molar refractivity (Wildman–Crippen MR) is 141 cm³/mol. The van der Waals surface area contributed by atoms with E-state index >= 15 is 0 Å². The first-order chi connectivity index (χ1) is 15.8. The minimum Gasteiger partial charge on any atom is -0.490 e. The van der Waals surface area contributed by atoms with E-state index in [-0.39, 0.29) is 24.0 Å². The summed E-state index contributed by atoms with van der Waals surface area (Å²) in [5.41, 5.74) is 3.30. The van der Waals surface area contributed by atoms with E-state index in [0.29, 0.717) is 13.2 Å². The summed E-state index contributed by atoms with van der Waals surface area (Å²) in [6.45, 7) is 6.63. The van der Waals surface area contributed by atoms with Crippen LogP contribution < -0.4 is 20.1 Å². The van der Waals surface area contributed by atoms with Gasteiger partial charge in [-0.15, -0.1) is 24.0 Å². The van der Waals surface area contributed by atoms with Gasteiger partial charge in [0.05, 0.1) is 19.4 Å². The fraction of sp³-hybridized carbons (Fsp3) is 0.583. The van der Waals surface area contributed by atoms with Gasteiger partial charge in [0.2, 0.25) is 0 Å². The van der Waals surface area contributed by atoms with Gasteiger partial charge < -0.3 is 24.8 Å². The number of halogens is 1. The van der Waals surface area contributed by atoms with Crippen molar-refractivity contribution in [2.75, 3.05) is 44.8 Å². The highest BCUT2D eigenvalue weighted by Gasteiger charge is 2.20. The number of nitrogens with one attached hydrogen (secondary N) is 3. The van der Waals surface area contributed by atoms with E-state index in [0.717, 1.165) is 86.7 Å². The maximum atomic E-state index is 5.82. The number of ether oxygens (including phenoxy) is 3. The second-order valence-electron chi connectivity index (χ2n) is 8.49. The fourth-order valence-corrected chi connectivity index (χ4v) is 3.52. The minimum absolute atomic E-state index is 0. The van der Waals surface area contributed by atoms with Gasteiger partial charge in [-0.1, -0.05) is 0 Å². The molecule has 2 aromatic rings. The van der Waals surface area contributed by atoms with Gasteiger partial charge in [0.15, 0.2) is 17.5 Å². The van der Waals surface area contributed by atoms with Gasteiger partial charge in [-0.2, -0.15) is 5.10 Å². The van der Waals surface area contributed by atoms with E-state index in [1.54, 1.807) is 0 Å². The molecule has 1 aliphatic carbocycles. The van der Waals surface area contributed by atoms with E-state index in [4.69, 9.17) is 19.2 Å². The molecule has 0 saturated heterocycles. The average molecular weight is 569 g/mol. The summed E-state index contributed by atoms with van der Waals surface area (Å²) in [5, 5.41) is 13.9. The van der Waals surface area contributed by atoms with Crippen molar-refractivity contribution in [1.29, 1.82) is 0 Å². The summed E-state index contributed by atoms with van der Waals surface area (Å²) in [7, 11) is 0. The van der Waals surface area contributed by atoms with Crippen LogP contribution in [0.5, 0.6) is 11.5 Å². The van der Waals surface area contributed by atoms with Crippen LogP contribution >= 0.6 is 24.0 Å². The van der Waals surface area contributed by atoms with Gasteiger partial charge in [-0.3, -0.25) is 10.1 Å². The Morgan fingerprint density at radius 1 is 1.21 bits per heavy atom. The number of fused-ring (bicyclic) bond motifs is 1. The molecule has 0 atom stereocenters. The van der Waals surface area contributed by atoms with Gasteiger partial charge in [-0.05, 0) is 62.6 Å². The normalized spacial score (nSPS) is 15.5. The Bertz CT molecular complexity index is 885. The number of rotatable bonds is 11. The molecule has 0 bridgehead atoms. The molecule has 0 unspecified atom stereocenters. The number of hydrogen-bond acceptors (Lipinski definition) is 5. The smallest absolute Gasteiger partial charge is 0.195 e. The van der Waals surface area contributed by atoms with Crippen LogP contribution in [0, 0.1) is 12.8 Å². The standard InChI is InChI=1S/C24H35N5O3.HI/c1-18-20(16-27-29-18)5-2-10-25-24(26-11-3-12-30-17-19-6-7-19)28-21-8-9-22-23(15-21)32-14-4-13-31-22;/h8-9,15-16,19H,2-7,10-14,17H2,1H3,(H,27,29)(H2,25,26,28);1H. The van der Waals surface area contributed by atoms with Crippen molar-refractivity contribution in [3.63, 3.8) is 0 Å². The Balaban J connectivity index is 0.00000306. The average Bonchev–Trinajstić information content (AvgIpc) is 3.57. The number of H-pyrrole nitrogens is 1. The molecule has 1 fully saturated rings. The summed E-state index contributed by atoms with van der Waals surface area (Å²) in [5.74, 6) is 3.14. The number of benzene rings is 1. The second-order valence-corrected chi connectivity index (χ2v) is 8.49. The number of aliphatic imine (C=N–C) groups is 1. The summed E-state index contributed by atoms with van der Waals surface area (Å²) in [4.78, 5) is 4.79. The van der Waals surface area contributed by atoms with Crippen LogP contribution in [0.15, 0.2) is 29.4 Å². The highest BCUT2D eigenvalue weighted by molar-refractivity contribution is 14.0. The van der Waals surface area contributed by atoms with Gasteiger partial charge in [0.25, 0.3) is 0 Å². The van der Waals surface area contributed by atoms with Crippen LogP contribution in [-0.4, -0.2) is 55.7 Å². The number of nitrogens with zero attached hydrogens (tertiary/aromatic N) is 2. The van der Waals surface area contributed by atoms with Gasteiger partial charge in [-0.25, -0.2) is 0 Å². The molecule has 2 heterocycles. The van der Waals surface area contributed by atoms with Gasteiger partial charge in [0.1, 0.15) is 0 Å². The summed E-state index contributed by atoms with van der Waals surface area (Å²) >= 11 is 0. The lowest BCUT2D eigenvalue weighted by Gasteiger charge is -2.15. The molecule has 8 nitrogen and oxygen atoms in total. The minimum atomic E-state index is 0. The topological polar surface area (TPSA) is 92.8 Å². The number of anilines is 1. The third-order valence-corrected chi connectivity index (χ3v) is 5.63. The molecular formula is C24H36IN5O3. The SMILES string of the molecule is Cc1[nH]ncc1CCCN=C(NCCCOCC1CC1)Nc1ccc2c(c1)OCCCO2.I. The lowest BCUT2D eigenvalue weighted by atomic mass is 10.1. The molecule has 33 heavy (non-hydrogen) atoms. The summed E-state index contributed by atoms with van der Waals surface area (Å²) in [6.07, 6.45) is 8.31. The first kappa shape index (κ1) is 25.6. The highest BCUT2D eigenvalue weighted by atomic mass is 127. The molecule has 1 saturated carbocycles. The lowest BCUT2D eigenvalue weighted by molar-refractivity contribution is 0.123. The van der Waals surface area contributed by atoms with Crippen molar-refractivity contribution < 1.29 is 14.2 Å². The molecule has 2 aliphatic rings. The monoisotopic (exact) mass is 569 g/mol. The van der Waals surface area contributed by atoms with Crippen LogP contribution in [0.3, 0.4) is 0 Å². The second kappa shape index (κ2) is 13.6. The van der Waals surface area contributed by atoms with Crippen molar-refractivity contribution in [3.8, 4) is 11.5 Å². The molecule has 1 aliphatic heterocycles. The van der Waals surface area contributed by atoms with Crippen molar-refractivity contribution >= 4 is 35.6 Å². The van der Waals surface area contributed by atoms with Crippen molar-refractivity contribution in [2.24, 2.45) is 10.9 Å². The molecule has 9 heteroatoms. The molecule has 0 radical (unpaired) electrons. The Kier molecular flexibility index (Phi) is 10.6. The summed E-state index contributed by atoms with van der Waals surface area (Å²) in [6, 6.07) is 5.93. The molecule has 0 amide bonds. The Morgan fingerprint density at radius 2 is 2.06 bits per heavy atom. The first-order valence-corrected chi connectivity index (χ1v) is 11.8. The third kappa shape index (κ3) is 8.69. The zero-order chi connectivity index (χ0) is 22.0. The predicted octanol–water partition coefficient (Wildman–Crippen LogP) is 4.30. The van der Waals surface area contributed by atoms with E-state index in [1.807, 2.05) is 24.4 Å². The van der Waals surface area contributed by atoms with Gasteiger partial charge >= 0.3 is 0 Å². The maximum Gasteiger partial charge on any atom is 0.195 e. The molecule has 1 aromatic heterocycles. The van der Waals surface area contributed by atoms with Crippen LogP contribution in [-0.2, 0) is 11.2 Å². The maximum absolute atomic E-state index is 5.82. The van der Waals surface area contributed by atoms with Crippen LogP contribution in [0.4, 0.5) is 5.69 Å². The number of guanidine groups is 1. The zero-order valence-corrected chi connectivity index (χ0v) is 21.7. The van der Waals surface area contributed by atoms with E-state index in [9.17, 15) is 0 Å². The Hall–Kier alpha value is -2.01. The largest absolute Gasteiger partial charge is 0.490 e. The van der Waals surface area contributed by atoms with Crippen LogP contribution in [0.2, 0.25) is 0 Å². The third-order valence-electron chi connectivity index (χ3n) is 5.63. The van der Waals surface area contributed by atoms with Crippen molar-refractivity contribution in [2.45, 2.75) is 45.4 Å². The molecule has 182 valence electrons. The first-order valence-electron chi connectivity index (χ1n) is 11.8. The quantitative estimate of drug-likeness (QED) is 0.162. The van der Waals surface area contributed by atoms with Crippen LogP contribution in [0.25, 0.3) is 0 Å². The summed E-state index contributed by atoms with van der Waals surface area (Å²) < 4.78 is 17.3. The molecule has 4 rings (SSSR count). The van der Waals surface area contributed by atoms with Crippen molar-refractivity contribution in [3.05, 3.63) is 35.7 Å². The number of aromatic amines is 1. The highest BCUT2D eigenvalue weighted by Crippen LogP contribution is 2.32. The molecule has 1 aromatic carbocycles. The zero-order valence-electron chi connectivity index (χ0n) is 19.4. The number of hydrogen-bond donors (Lipinski definition) is 3. The molecule has 3 N–H and O–H groups in total. The van der Waals surface area contributed by atoms with Gasteiger partial charge in [0, 0.05) is 50.2 Å². The van der Waals surface area contributed by atoms with Crippen molar-refractivity contribution in [1.82, 2.24) is 15.5 Å². The molecule has 0 spiro atoms.